The lowest BCUT2D eigenvalue weighted by molar-refractivity contribution is -0.118. The molecule has 1 aliphatic heterocycles. The Morgan fingerprint density at radius 1 is 1.86 bits per heavy atom. The van der Waals surface area contributed by atoms with Crippen molar-refractivity contribution in [1.82, 2.24) is 0 Å². The van der Waals surface area contributed by atoms with Crippen LogP contribution in [0.25, 0.3) is 0 Å². The van der Waals surface area contributed by atoms with Crippen LogP contribution in [0.2, 0.25) is 0 Å². The van der Waals surface area contributed by atoms with E-state index < -0.39 is 0 Å². The predicted octanol–water partition coefficient (Wildman–Crippen LogP) is -2.00. The van der Waals surface area contributed by atoms with Crippen LogP contribution in [-0.4, -0.2) is 29.9 Å². The Labute approximate surface area is 45.4 Å². The van der Waals surface area contributed by atoms with E-state index in [1.54, 1.807) is 0 Å². The molecule has 0 saturated carbocycles. The van der Waals surface area contributed by atoms with E-state index in [4.69, 9.17) is 0 Å². The number of carbonyl (C=O) groups excluding carboxylic acids is 1. The lowest BCUT2D eigenvalue weighted by atomic mass is 10.7. The van der Waals surface area contributed by atoms with Crippen LogP contribution in [0, 0.1) is 0 Å². The van der Waals surface area contributed by atoms with E-state index in [-0.39, 0.29) is 23.5 Å². The third kappa shape index (κ3) is 1.49. The van der Waals surface area contributed by atoms with Gasteiger partial charge in [0.25, 0.3) is 0 Å². The van der Waals surface area contributed by atoms with Gasteiger partial charge in [-0.1, -0.05) is 0 Å². The van der Waals surface area contributed by atoms with Crippen molar-refractivity contribution in [2.24, 2.45) is 4.99 Å². The van der Waals surface area contributed by atoms with Gasteiger partial charge < -0.3 is 14.5 Å². The van der Waals surface area contributed by atoms with E-state index in [9.17, 15) is 4.79 Å². The van der Waals surface area contributed by atoms with Gasteiger partial charge in [0.1, 0.15) is 5.91 Å². The molecule has 0 aromatic carbocycles. The van der Waals surface area contributed by atoms with Gasteiger partial charge in [0, 0.05) is 6.40 Å². The average molecular weight is 116 g/mol. The molecule has 0 aromatic heterocycles. The van der Waals surface area contributed by atoms with Gasteiger partial charge >= 0.3 is 0 Å². The van der Waals surface area contributed by atoms with Crippen molar-refractivity contribution in [3.05, 3.63) is 0 Å². The molecule has 1 heterocycles. The van der Waals surface area contributed by atoms with Crippen molar-refractivity contribution >= 4 is 23.3 Å². The van der Waals surface area contributed by atoms with Crippen LogP contribution >= 0.6 is 0 Å². The summed E-state index contributed by atoms with van der Waals surface area (Å²) in [6.07, 6.45) is 2.05. The predicted molar refractivity (Wildman–Crippen MR) is 29.7 cm³/mol. The van der Waals surface area contributed by atoms with E-state index in [2.05, 4.69) is 9.73 Å². The normalized spacial score (nSPS) is 15.7. The summed E-state index contributed by atoms with van der Waals surface area (Å²) in [7, 11) is 0. The molecule has 0 fully saturated rings. The SMILES string of the molecule is O=C1CO[C-]=N1.[SiH4]. The molecular formula is C3H6NO2Si-. The van der Waals surface area contributed by atoms with Crippen molar-refractivity contribution in [2.45, 2.75) is 0 Å². The molecule has 0 unspecified atom stereocenters. The molecule has 0 saturated heterocycles. The van der Waals surface area contributed by atoms with Gasteiger partial charge in [0.05, 0.1) is 6.61 Å². The van der Waals surface area contributed by atoms with E-state index in [1.807, 2.05) is 6.40 Å². The largest absolute Gasteiger partial charge is 0.581 e. The maximum atomic E-state index is 9.89. The average Bonchev–Trinajstić information content (AvgIpc) is 1.86. The van der Waals surface area contributed by atoms with Gasteiger partial charge in [0.15, 0.2) is 0 Å². The first-order valence-corrected chi connectivity index (χ1v) is 1.50. The summed E-state index contributed by atoms with van der Waals surface area (Å²) < 4.78 is 4.29. The number of nitrogens with zero attached hydrogens (tertiary/aromatic N) is 1. The Morgan fingerprint density at radius 2 is 2.57 bits per heavy atom. The van der Waals surface area contributed by atoms with Crippen LogP contribution in [0.4, 0.5) is 0 Å². The maximum absolute atomic E-state index is 9.89. The van der Waals surface area contributed by atoms with Gasteiger partial charge in [-0.3, -0.25) is 0 Å². The number of amides is 1. The summed E-state index contributed by atoms with van der Waals surface area (Å²) in [6, 6.07) is 0. The summed E-state index contributed by atoms with van der Waals surface area (Å²) >= 11 is 0. The summed E-state index contributed by atoms with van der Waals surface area (Å²) in [5, 5.41) is 0. The zero-order valence-electron chi connectivity index (χ0n) is 2.97. The molecule has 7 heavy (non-hydrogen) atoms. The summed E-state index contributed by atoms with van der Waals surface area (Å²) in [6.45, 7) is 0.0694. The van der Waals surface area contributed by atoms with Gasteiger partial charge in [-0.05, 0) is 11.0 Å². The van der Waals surface area contributed by atoms with Crippen molar-refractivity contribution in [3.8, 4) is 0 Å². The first kappa shape index (κ1) is 6.36. The van der Waals surface area contributed by atoms with Crippen LogP contribution < -0.4 is 0 Å². The van der Waals surface area contributed by atoms with E-state index in [0.29, 0.717) is 0 Å². The molecule has 0 spiro atoms. The highest BCUT2D eigenvalue weighted by atomic mass is 28.1. The van der Waals surface area contributed by atoms with Crippen LogP contribution in [0.5, 0.6) is 0 Å². The fourth-order valence-electron chi connectivity index (χ4n) is 0.209. The quantitative estimate of drug-likeness (QED) is 0.271. The minimum atomic E-state index is -0.255. The summed E-state index contributed by atoms with van der Waals surface area (Å²) in [5.74, 6) is -0.255. The number of rotatable bonds is 0. The topological polar surface area (TPSA) is 38.7 Å². The molecule has 1 aliphatic rings. The van der Waals surface area contributed by atoms with Crippen molar-refractivity contribution in [3.63, 3.8) is 0 Å². The molecule has 1 rings (SSSR count). The Bertz CT molecular complexity index is 101. The lowest BCUT2D eigenvalue weighted by Gasteiger charge is -1.87. The maximum Gasteiger partial charge on any atom is 0.124 e. The Kier molecular flexibility index (Phi) is 2.29. The minimum Gasteiger partial charge on any atom is -0.581 e. The molecular weight excluding hydrogens is 110 g/mol. The standard InChI is InChI=1S/C3H2NO2.H4Si/c5-3-1-6-2-4-3;/h1H2;1H4/q-1;. The molecule has 1 amide bonds. The van der Waals surface area contributed by atoms with Gasteiger partial charge in [-0.2, -0.15) is 0 Å². The second-order valence-corrected chi connectivity index (χ2v) is 0.886. The van der Waals surface area contributed by atoms with E-state index >= 15 is 0 Å². The van der Waals surface area contributed by atoms with Crippen molar-refractivity contribution in [1.29, 1.82) is 0 Å². The van der Waals surface area contributed by atoms with Gasteiger partial charge in [-0.15, -0.1) is 0 Å². The summed E-state index contributed by atoms with van der Waals surface area (Å²) in [5.41, 5.74) is 0. The van der Waals surface area contributed by atoms with Crippen molar-refractivity contribution in [2.75, 3.05) is 6.61 Å². The summed E-state index contributed by atoms with van der Waals surface area (Å²) in [4.78, 5) is 13.0. The Balaban J connectivity index is 0.000000360. The number of hydrogen-bond acceptors (Lipinski definition) is 2. The van der Waals surface area contributed by atoms with Crippen molar-refractivity contribution < 1.29 is 9.53 Å². The van der Waals surface area contributed by atoms with Crippen LogP contribution in [-0.2, 0) is 9.53 Å². The highest BCUT2D eigenvalue weighted by Crippen LogP contribution is 1.83. The highest BCUT2D eigenvalue weighted by molar-refractivity contribution is 5.88. The number of aliphatic imine (C=N–C) groups is 1. The second-order valence-electron chi connectivity index (χ2n) is 0.886. The van der Waals surface area contributed by atoms with Crippen LogP contribution in [0.1, 0.15) is 0 Å². The van der Waals surface area contributed by atoms with E-state index in [1.165, 1.54) is 0 Å². The molecule has 0 atom stereocenters. The third-order valence-electron chi connectivity index (χ3n) is 0.431. The monoisotopic (exact) mass is 116 g/mol. The number of carbonyl (C=O) groups is 1. The zero-order chi connectivity index (χ0) is 4.41. The zero-order valence-corrected chi connectivity index (χ0v) is 2.97. The molecule has 40 valence electrons. The van der Waals surface area contributed by atoms with Gasteiger partial charge in [0.2, 0.25) is 0 Å². The molecule has 3 nitrogen and oxygen atoms in total. The van der Waals surface area contributed by atoms with Crippen LogP contribution in [0.3, 0.4) is 0 Å². The number of hydrogen-bond donors (Lipinski definition) is 0. The fraction of sp³-hybridized carbons (Fsp3) is 0.333. The first-order chi connectivity index (χ1) is 2.89. The molecule has 0 aliphatic carbocycles. The van der Waals surface area contributed by atoms with Crippen LogP contribution in [0.15, 0.2) is 4.99 Å². The molecule has 0 radical (unpaired) electrons. The Morgan fingerprint density at radius 3 is 2.71 bits per heavy atom. The Hall–Kier alpha value is -0.643. The van der Waals surface area contributed by atoms with E-state index in [0.717, 1.165) is 0 Å². The number of ether oxygens (including phenoxy) is 1. The highest BCUT2D eigenvalue weighted by Gasteiger charge is 1.87. The smallest absolute Gasteiger partial charge is 0.124 e. The van der Waals surface area contributed by atoms with Gasteiger partial charge in [-0.25, -0.2) is 0 Å². The first-order valence-electron chi connectivity index (χ1n) is 1.50. The lowest BCUT2D eigenvalue weighted by Crippen LogP contribution is -1.92. The fourth-order valence-corrected chi connectivity index (χ4v) is 0.209. The molecule has 4 heteroatoms. The molecule has 0 aromatic rings. The minimum absolute atomic E-state index is 0. The molecule has 0 N–H and O–H groups in total. The third-order valence-corrected chi connectivity index (χ3v) is 0.431. The molecule has 0 bridgehead atoms. The second kappa shape index (κ2) is 2.52.